The van der Waals surface area contributed by atoms with Crippen LogP contribution in [0.5, 0.6) is 5.88 Å². The van der Waals surface area contributed by atoms with Gasteiger partial charge in [-0.25, -0.2) is 9.78 Å². The zero-order chi connectivity index (χ0) is 15.0. The van der Waals surface area contributed by atoms with E-state index < -0.39 is 11.7 Å². The van der Waals surface area contributed by atoms with Crippen LogP contribution in [0.25, 0.3) is 0 Å². The Kier molecular flexibility index (Phi) is 6.09. The zero-order valence-electron chi connectivity index (χ0n) is 12.5. The molecule has 0 aliphatic rings. The molecule has 0 radical (unpaired) electrons. The highest BCUT2D eigenvalue weighted by Gasteiger charge is 2.15. The Morgan fingerprint density at radius 3 is 2.75 bits per heavy atom. The van der Waals surface area contributed by atoms with Gasteiger partial charge in [0.05, 0.1) is 12.8 Å². The predicted molar refractivity (Wildman–Crippen MR) is 78.1 cm³/mol. The van der Waals surface area contributed by atoms with E-state index in [-0.39, 0.29) is 0 Å². The molecule has 0 unspecified atom stereocenters. The molecule has 112 valence electrons. The molecule has 1 rings (SSSR count). The lowest BCUT2D eigenvalue weighted by atomic mass is 10.2. The van der Waals surface area contributed by atoms with Crippen molar-refractivity contribution in [2.24, 2.45) is 0 Å². The van der Waals surface area contributed by atoms with Gasteiger partial charge in [0.25, 0.3) is 0 Å². The molecule has 0 saturated carbocycles. The Hall–Kier alpha value is -1.98. The fourth-order valence-electron chi connectivity index (χ4n) is 1.50. The highest BCUT2D eigenvalue weighted by atomic mass is 16.6. The first-order chi connectivity index (χ1) is 9.42. The Labute approximate surface area is 119 Å². The van der Waals surface area contributed by atoms with Gasteiger partial charge in [0, 0.05) is 19.3 Å². The number of hydrogen-bond acceptors (Lipinski definition) is 5. The van der Waals surface area contributed by atoms with E-state index in [0.717, 1.165) is 12.1 Å². The summed E-state index contributed by atoms with van der Waals surface area (Å²) < 4.78 is 10.3. The number of nitrogens with zero attached hydrogens (tertiary/aromatic N) is 1. The van der Waals surface area contributed by atoms with E-state index in [2.05, 4.69) is 15.6 Å². The molecule has 0 atom stereocenters. The van der Waals surface area contributed by atoms with E-state index in [1.165, 1.54) is 0 Å². The van der Waals surface area contributed by atoms with Crippen molar-refractivity contribution < 1.29 is 14.3 Å². The first-order valence-corrected chi connectivity index (χ1v) is 6.62. The minimum atomic E-state index is -0.467. The molecule has 20 heavy (non-hydrogen) atoms. The van der Waals surface area contributed by atoms with Gasteiger partial charge in [-0.05, 0) is 39.3 Å². The van der Waals surface area contributed by atoms with Crippen LogP contribution in [0.4, 0.5) is 10.5 Å². The first kappa shape index (κ1) is 16.1. The summed E-state index contributed by atoms with van der Waals surface area (Å²) in [5, 5.41) is 5.91. The molecule has 2 N–H and O–H groups in total. The number of rotatable bonds is 6. The van der Waals surface area contributed by atoms with Gasteiger partial charge in [-0.3, -0.25) is 0 Å². The van der Waals surface area contributed by atoms with Crippen LogP contribution < -0.4 is 15.4 Å². The molecule has 6 nitrogen and oxygen atoms in total. The molecule has 1 heterocycles. The number of ether oxygens (including phenoxy) is 2. The molecular formula is C14H23N3O3. The smallest absolute Gasteiger partial charge is 0.407 e. The molecule has 0 fully saturated rings. The fourth-order valence-corrected chi connectivity index (χ4v) is 1.50. The number of alkyl carbamates (subject to hydrolysis) is 1. The summed E-state index contributed by atoms with van der Waals surface area (Å²) in [5.74, 6) is 0.563. The first-order valence-electron chi connectivity index (χ1n) is 6.62. The van der Waals surface area contributed by atoms with Gasteiger partial charge >= 0.3 is 6.09 Å². The number of pyridine rings is 1. The largest absolute Gasteiger partial charge is 0.480 e. The third kappa shape index (κ3) is 6.26. The van der Waals surface area contributed by atoms with Gasteiger partial charge in [-0.15, -0.1) is 0 Å². The molecule has 1 aromatic rings. The SMILES string of the molecule is COc1ncccc1NCCCNC(=O)OC(C)(C)C. The normalized spacial score (nSPS) is 10.8. The highest BCUT2D eigenvalue weighted by Crippen LogP contribution is 2.19. The summed E-state index contributed by atoms with van der Waals surface area (Å²) in [6.45, 7) is 6.76. The molecule has 1 aromatic heterocycles. The molecule has 0 bridgehead atoms. The van der Waals surface area contributed by atoms with Crippen molar-refractivity contribution in [3.63, 3.8) is 0 Å². The van der Waals surface area contributed by atoms with E-state index in [1.807, 2.05) is 32.9 Å². The second-order valence-corrected chi connectivity index (χ2v) is 5.27. The summed E-state index contributed by atoms with van der Waals surface area (Å²) in [4.78, 5) is 15.5. The van der Waals surface area contributed by atoms with Gasteiger partial charge < -0.3 is 20.1 Å². The number of hydrogen-bond donors (Lipinski definition) is 2. The van der Waals surface area contributed by atoms with Crippen molar-refractivity contribution >= 4 is 11.8 Å². The maximum atomic E-state index is 11.4. The Morgan fingerprint density at radius 2 is 2.10 bits per heavy atom. The van der Waals surface area contributed by atoms with E-state index in [1.54, 1.807) is 13.3 Å². The molecule has 0 saturated heterocycles. The molecule has 0 aliphatic heterocycles. The molecule has 6 heteroatoms. The molecule has 1 amide bonds. The van der Waals surface area contributed by atoms with Crippen LogP contribution in [0.1, 0.15) is 27.2 Å². The van der Waals surface area contributed by atoms with Crippen LogP contribution in [0, 0.1) is 0 Å². The van der Waals surface area contributed by atoms with E-state index in [4.69, 9.17) is 9.47 Å². The van der Waals surface area contributed by atoms with Crippen LogP contribution >= 0.6 is 0 Å². The van der Waals surface area contributed by atoms with Gasteiger partial charge in [-0.1, -0.05) is 0 Å². The number of amides is 1. The third-order valence-electron chi connectivity index (χ3n) is 2.30. The fraction of sp³-hybridized carbons (Fsp3) is 0.571. The number of nitrogens with one attached hydrogen (secondary N) is 2. The van der Waals surface area contributed by atoms with Gasteiger partial charge in [0.15, 0.2) is 0 Å². The van der Waals surface area contributed by atoms with E-state index >= 15 is 0 Å². The minimum Gasteiger partial charge on any atom is -0.480 e. The van der Waals surface area contributed by atoms with E-state index in [0.29, 0.717) is 19.0 Å². The highest BCUT2D eigenvalue weighted by molar-refractivity contribution is 5.67. The van der Waals surface area contributed by atoms with Crippen LogP contribution in [0.2, 0.25) is 0 Å². The standard InChI is InChI=1S/C14H23N3O3/c1-14(2,3)20-13(18)17-10-6-9-15-11-7-5-8-16-12(11)19-4/h5,7-8,15H,6,9-10H2,1-4H3,(H,17,18). The van der Waals surface area contributed by atoms with Crippen molar-refractivity contribution in [3.05, 3.63) is 18.3 Å². The van der Waals surface area contributed by atoms with Crippen LogP contribution in [-0.2, 0) is 4.74 Å². The Morgan fingerprint density at radius 1 is 1.35 bits per heavy atom. The van der Waals surface area contributed by atoms with Crippen LogP contribution in [-0.4, -0.2) is 36.9 Å². The number of anilines is 1. The summed E-state index contributed by atoms with van der Waals surface area (Å²) in [6, 6.07) is 3.73. The summed E-state index contributed by atoms with van der Waals surface area (Å²) in [5.41, 5.74) is 0.373. The van der Waals surface area contributed by atoms with Crippen molar-refractivity contribution in [2.75, 3.05) is 25.5 Å². The lowest BCUT2D eigenvalue weighted by Crippen LogP contribution is -2.33. The van der Waals surface area contributed by atoms with Crippen molar-refractivity contribution in [1.82, 2.24) is 10.3 Å². The quantitative estimate of drug-likeness (QED) is 0.783. The number of carbonyl (C=O) groups is 1. The molecule has 0 aliphatic carbocycles. The number of aromatic nitrogens is 1. The maximum Gasteiger partial charge on any atom is 0.407 e. The molecule has 0 spiro atoms. The summed E-state index contributed by atoms with van der Waals surface area (Å²) >= 11 is 0. The van der Waals surface area contributed by atoms with E-state index in [9.17, 15) is 4.79 Å². The topological polar surface area (TPSA) is 72.5 Å². The second-order valence-electron chi connectivity index (χ2n) is 5.27. The Bertz CT molecular complexity index is 430. The minimum absolute atomic E-state index is 0.392. The summed E-state index contributed by atoms with van der Waals surface area (Å²) in [6.07, 6.45) is 2.06. The van der Waals surface area contributed by atoms with Crippen LogP contribution in [0.3, 0.4) is 0 Å². The lowest BCUT2D eigenvalue weighted by molar-refractivity contribution is 0.0528. The van der Waals surface area contributed by atoms with Crippen LogP contribution in [0.15, 0.2) is 18.3 Å². The molecular weight excluding hydrogens is 258 g/mol. The van der Waals surface area contributed by atoms with Crippen molar-refractivity contribution in [3.8, 4) is 5.88 Å². The third-order valence-corrected chi connectivity index (χ3v) is 2.30. The monoisotopic (exact) mass is 281 g/mol. The average Bonchev–Trinajstić information content (AvgIpc) is 2.36. The average molecular weight is 281 g/mol. The maximum absolute atomic E-state index is 11.4. The predicted octanol–water partition coefficient (Wildman–Crippen LogP) is 2.42. The Balaban J connectivity index is 2.21. The van der Waals surface area contributed by atoms with Crippen molar-refractivity contribution in [2.45, 2.75) is 32.8 Å². The summed E-state index contributed by atoms with van der Waals surface area (Å²) in [7, 11) is 1.58. The zero-order valence-corrected chi connectivity index (χ0v) is 12.5. The van der Waals surface area contributed by atoms with Gasteiger partial charge in [0.1, 0.15) is 5.60 Å². The van der Waals surface area contributed by atoms with Gasteiger partial charge in [0.2, 0.25) is 5.88 Å². The lowest BCUT2D eigenvalue weighted by Gasteiger charge is -2.19. The van der Waals surface area contributed by atoms with Crippen molar-refractivity contribution in [1.29, 1.82) is 0 Å². The molecule has 0 aromatic carbocycles. The van der Waals surface area contributed by atoms with Gasteiger partial charge in [-0.2, -0.15) is 0 Å². The number of methoxy groups -OCH3 is 1. The number of carbonyl (C=O) groups excluding carboxylic acids is 1. The second kappa shape index (κ2) is 7.57.